The summed E-state index contributed by atoms with van der Waals surface area (Å²) in [5.41, 5.74) is 5.40. The van der Waals surface area contributed by atoms with Crippen LogP contribution in [0.25, 0.3) is 0 Å². The molecule has 1 aromatic rings. The first kappa shape index (κ1) is 6.36. The van der Waals surface area contributed by atoms with Crippen molar-refractivity contribution in [3.8, 4) is 0 Å². The zero-order valence-corrected chi connectivity index (χ0v) is 5.50. The van der Waals surface area contributed by atoms with Gasteiger partial charge >= 0.3 is 0 Å². The van der Waals surface area contributed by atoms with Crippen LogP contribution in [0, 0.1) is 0 Å². The Hall–Kier alpha value is -0.760. The van der Waals surface area contributed by atoms with E-state index in [4.69, 9.17) is 10.2 Å². The van der Waals surface area contributed by atoms with Gasteiger partial charge in [0.1, 0.15) is 5.76 Å². The summed E-state index contributed by atoms with van der Waals surface area (Å²) in [7, 11) is 0. The van der Waals surface area contributed by atoms with E-state index in [-0.39, 0.29) is 0 Å². The highest BCUT2D eigenvalue weighted by molar-refractivity contribution is 5.03. The van der Waals surface area contributed by atoms with Crippen LogP contribution >= 0.6 is 0 Å². The van der Waals surface area contributed by atoms with Crippen molar-refractivity contribution in [2.45, 2.75) is 12.8 Å². The van der Waals surface area contributed by atoms with Gasteiger partial charge in [-0.2, -0.15) is 0 Å². The van der Waals surface area contributed by atoms with E-state index in [1.54, 1.807) is 6.26 Å². The number of hydrogen-bond donors (Lipinski definition) is 1. The Morgan fingerprint density at radius 1 is 1.78 bits per heavy atom. The van der Waals surface area contributed by atoms with Gasteiger partial charge in [0.15, 0.2) is 0 Å². The molecule has 50 valence electrons. The van der Waals surface area contributed by atoms with Crippen molar-refractivity contribution < 1.29 is 4.42 Å². The maximum atomic E-state index is 5.40. The first-order valence-electron chi connectivity index (χ1n) is 3.08. The minimum atomic E-state index is 0.347. The average Bonchev–Trinajstić information content (AvgIpc) is 2.37. The van der Waals surface area contributed by atoms with Crippen LogP contribution in [0.3, 0.4) is 0 Å². The van der Waals surface area contributed by atoms with Crippen molar-refractivity contribution in [1.29, 1.82) is 0 Å². The molecular weight excluding hydrogens is 114 g/mol. The highest BCUT2D eigenvalue weighted by Crippen LogP contribution is 2.12. The number of hydrogen-bond acceptors (Lipinski definition) is 2. The van der Waals surface area contributed by atoms with E-state index >= 15 is 0 Å². The van der Waals surface area contributed by atoms with E-state index in [0.29, 0.717) is 12.5 Å². The molecule has 0 aliphatic carbocycles. The monoisotopic (exact) mass is 125 g/mol. The lowest BCUT2D eigenvalue weighted by Gasteiger charge is -2.01. The Labute approximate surface area is 54.7 Å². The fourth-order valence-electron chi connectivity index (χ4n) is 0.688. The van der Waals surface area contributed by atoms with E-state index in [9.17, 15) is 0 Å². The van der Waals surface area contributed by atoms with Gasteiger partial charge in [-0.05, 0) is 12.1 Å². The van der Waals surface area contributed by atoms with Gasteiger partial charge in [0, 0.05) is 12.5 Å². The lowest BCUT2D eigenvalue weighted by Crippen LogP contribution is -2.07. The van der Waals surface area contributed by atoms with E-state index in [1.807, 2.05) is 19.1 Å². The second kappa shape index (κ2) is 2.69. The van der Waals surface area contributed by atoms with Crippen molar-refractivity contribution in [1.82, 2.24) is 0 Å². The Balaban J connectivity index is 2.65. The van der Waals surface area contributed by atoms with Gasteiger partial charge in [-0.3, -0.25) is 0 Å². The van der Waals surface area contributed by atoms with Crippen LogP contribution in [0.1, 0.15) is 18.6 Å². The van der Waals surface area contributed by atoms with Crippen LogP contribution in [0.15, 0.2) is 22.8 Å². The smallest absolute Gasteiger partial charge is 0.107 e. The molecule has 9 heavy (non-hydrogen) atoms. The minimum Gasteiger partial charge on any atom is -0.469 e. The summed E-state index contributed by atoms with van der Waals surface area (Å²) in [6.45, 7) is 2.69. The van der Waals surface area contributed by atoms with E-state index in [1.165, 1.54) is 0 Å². The third-order valence-corrected chi connectivity index (χ3v) is 1.38. The Kier molecular flexibility index (Phi) is 1.90. The van der Waals surface area contributed by atoms with Gasteiger partial charge in [-0.1, -0.05) is 6.92 Å². The van der Waals surface area contributed by atoms with Gasteiger partial charge in [-0.25, -0.2) is 0 Å². The summed E-state index contributed by atoms with van der Waals surface area (Å²) < 4.78 is 5.11. The average molecular weight is 125 g/mol. The molecule has 0 amide bonds. The van der Waals surface area contributed by atoms with Gasteiger partial charge in [0.25, 0.3) is 0 Å². The predicted octanol–water partition coefficient (Wildman–Crippen LogP) is 1.34. The van der Waals surface area contributed by atoms with Crippen LogP contribution in [-0.4, -0.2) is 6.54 Å². The maximum absolute atomic E-state index is 5.40. The molecule has 2 nitrogen and oxygen atoms in total. The third kappa shape index (κ3) is 1.33. The molecule has 0 fully saturated rings. The first-order valence-corrected chi connectivity index (χ1v) is 3.08. The summed E-state index contributed by atoms with van der Waals surface area (Å²) in [6, 6.07) is 3.82. The molecule has 0 bridgehead atoms. The number of rotatable bonds is 2. The molecule has 1 atom stereocenters. The molecule has 1 rings (SSSR count). The minimum absolute atomic E-state index is 0.347. The highest BCUT2D eigenvalue weighted by atomic mass is 16.3. The van der Waals surface area contributed by atoms with Crippen molar-refractivity contribution in [3.63, 3.8) is 0 Å². The first-order chi connectivity index (χ1) is 4.34. The van der Waals surface area contributed by atoms with Crippen molar-refractivity contribution in [2.24, 2.45) is 5.73 Å². The van der Waals surface area contributed by atoms with Crippen molar-refractivity contribution in [3.05, 3.63) is 24.2 Å². The Morgan fingerprint density at radius 2 is 2.56 bits per heavy atom. The van der Waals surface area contributed by atoms with Gasteiger partial charge < -0.3 is 10.2 Å². The van der Waals surface area contributed by atoms with Gasteiger partial charge in [0.2, 0.25) is 0 Å². The molecular formula is C7H11NO. The molecule has 1 unspecified atom stereocenters. The third-order valence-electron chi connectivity index (χ3n) is 1.38. The summed E-state index contributed by atoms with van der Waals surface area (Å²) in [4.78, 5) is 0. The SMILES string of the molecule is CC(CN)c1ccco1. The molecule has 0 aliphatic heterocycles. The van der Waals surface area contributed by atoms with Gasteiger partial charge in [-0.15, -0.1) is 0 Å². The summed E-state index contributed by atoms with van der Waals surface area (Å²) in [6.07, 6.45) is 1.67. The second-order valence-corrected chi connectivity index (χ2v) is 2.15. The predicted molar refractivity (Wildman–Crippen MR) is 36.2 cm³/mol. The van der Waals surface area contributed by atoms with Crippen LogP contribution in [0.5, 0.6) is 0 Å². The quantitative estimate of drug-likeness (QED) is 0.647. The molecule has 0 saturated heterocycles. The van der Waals surface area contributed by atoms with Crippen molar-refractivity contribution >= 4 is 0 Å². The molecule has 0 radical (unpaired) electrons. The summed E-state index contributed by atoms with van der Waals surface area (Å²) in [5.74, 6) is 1.32. The lowest BCUT2D eigenvalue weighted by molar-refractivity contribution is 0.477. The number of nitrogens with two attached hydrogens (primary N) is 1. The Morgan fingerprint density at radius 3 is 3.00 bits per heavy atom. The molecule has 2 heteroatoms. The highest BCUT2D eigenvalue weighted by Gasteiger charge is 2.03. The molecule has 2 N–H and O–H groups in total. The second-order valence-electron chi connectivity index (χ2n) is 2.15. The topological polar surface area (TPSA) is 39.2 Å². The van der Waals surface area contributed by atoms with Crippen molar-refractivity contribution in [2.75, 3.05) is 6.54 Å². The fraction of sp³-hybridized carbons (Fsp3) is 0.429. The molecule has 0 aliphatic rings. The fourth-order valence-corrected chi connectivity index (χ4v) is 0.688. The molecule has 0 saturated carbocycles. The maximum Gasteiger partial charge on any atom is 0.107 e. The molecule has 1 heterocycles. The largest absolute Gasteiger partial charge is 0.469 e. The Bertz CT molecular complexity index is 157. The van der Waals surface area contributed by atoms with Crippen LogP contribution in [0.4, 0.5) is 0 Å². The zero-order valence-electron chi connectivity index (χ0n) is 5.50. The van der Waals surface area contributed by atoms with Crippen LogP contribution < -0.4 is 5.73 Å². The number of furan rings is 1. The zero-order chi connectivity index (χ0) is 6.69. The van der Waals surface area contributed by atoms with E-state index in [0.717, 1.165) is 5.76 Å². The summed E-state index contributed by atoms with van der Waals surface area (Å²) >= 11 is 0. The van der Waals surface area contributed by atoms with Crippen LogP contribution in [-0.2, 0) is 0 Å². The molecule has 0 aromatic carbocycles. The van der Waals surface area contributed by atoms with E-state index < -0.39 is 0 Å². The summed E-state index contributed by atoms with van der Waals surface area (Å²) in [5, 5.41) is 0. The standard InChI is InChI=1S/C7H11NO/c1-6(5-8)7-3-2-4-9-7/h2-4,6H,5,8H2,1H3. The van der Waals surface area contributed by atoms with Crippen LogP contribution in [0.2, 0.25) is 0 Å². The lowest BCUT2D eigenvalue weighted by atomic mass is 10.1. The normalized spacial score (nSPS) is 13.6. The van der Waals surface area contributed by atoms with E-state index in [2.05, 4.69) is 0 Å². The van der Waals surface area contributed by atoms with Gasteiger partial charge in [0.05, 0.1) is 6.26 Å². The molecule has 0 spiro atoms. The molecule has 1 aromatic heterocycles.